The number of benzene rings is 1. The zero-order chi connectivity index (χ0) is 11.8. The van der Waals surface area contributed by atoms with Crippen molar-refractivity contribution in [3.8, 4) is 11.3 Å². The van der Waals surface area contributed by atoms with Gasteiger partial charge >= 0.3 is 6.18 Å². The fourth-order valence-electron chi connectivity index (χ4n) is 1.33. The van der Waals surface area contributed by atoms with E-state index in [2.05, 4.69) is 26.1 Å². The van der Waals surface area contributed by atoms with E-state index < -0.39 is 11.7 Å². The van der Waals surface area contributed by atoms with Crippen LogP contribution in [0, 0.1) is 0 Å². The molecule has 0 spiro atoms. The molecule has 0 saturated heterocycles. The summed E-state index contributed by atoms with van der Waals surface area (Å²) in [6, 6.07) is 5.66. The molecule has 0 amide bonds. The van der Waals surface area contributed by atoms with Gasteiger partial charge in [-0.25, -0.2) is 0 Å². The summed E-state index contributed by atoms with van der Waals surface area (Å²) in [5.74, 6) is 0. The molecule has 1 aromatic carbocycles. The first-order valence-electron chi connectivity index (χ1n) is 4.35. The van der Waals surface area contributed by atoms with E-state index in [0.717, 1.165) is 6.07 Å². The Kier molecular flexibility index (Phi) is 2.75. The second-order valence-electron chi connectivity index (χ2n) is 3.16. The van der Waals surface area contributed by atoms with E-state index in [1.807, 2.05) is 0 Å². The molecule has 0 saturated carbocycles. The number of aromatic nitrogens is 2. The monoisotopic (exact) mass is 290 g/mol. The van der Waals surface area contributed by atoms with Gasteiger partial charge < -0.3 is 0 Å². The zero-order valence-corrected chi connectivity index (χ0v) is 9.43. The van der Waals surface area contributed by atoms with Gasteiger partial charge in [0.15, 0.2) is 0 Å². The maximum atomic E-state index is 12.6. The van der Waals surface area contributed by atoms with Crippen LogP contribution in [0.4, 0.5) is 13.2 Å². The van der Waals surface area contributed by atoms with Gasteiger partial charge in [0.05, 0.1) is 11.3 Å². The van der Waals surface area contributed by atoms with E-state index in [4.69, 9.17) is 0 Å². The van der Waals surface area contributed by atoms with Gasteiger partial charge in [-0.2, -0.15) is 18.3 Å². The third-order valence-electron chi connectivity index (χ3n) is 2.08. The Morgan fingerprint density at radius 3 is 2.50 bits per heavy atom. The van der Waals surface area contributed by atoms with Crippen molar-refractivity contribution in [2.45, 2.75) is 6.18 Å². The Morgan fingerprint density at radius 1 is 1.19 bits per heavy atom. The van der Waals surface area contributed by atoms with Gasteiger partial charge in [-0.15, -0.1) is 0 Å². The average molecular weight is 291 g/mol. The molecule has 0 bridgehead atoms. The van der Waals surface area contributed by atoms with Gasteiger partial charge in [-0.3, -0.25) is 5.10 Å². The number of halogens is 4. The van der Waals surface area contributed by atoms with E-state index in [1.54, 1.807) is 12.1 Å². The van der Waals surface area contributed by atoms with Gasteiger partial charge in [0.25, 0.3) is 0 Å². The van der Waals surface area contributed by atoms with Crippen LogP contribution in [0.2, 0.25) is 0 Å². The predicted molar refractivity (Wildman–Crippen MR) is 56.7 cm³/mol. The lowest BCUT2D eigenvalue weighted by Gasteiger charge is -2.10. The van der Waals surface area contributed by atoms with Crippen molar-refractivity contribution in [3.63, 3.8) is 0 Å². The van der Waals surface area contributed by atoms with Gasteiger partial charge in [0, 0.05) is 16.2 Å². The summed E-state index contributed by atoms with van der Waals surface area (Å²) < 4.78 is 37.9. The van der Waals surface area contributed by atoms with Crippen LogP contribution in [0.3, 0.4) is 0 Å². The molecular formula is C10H6BrF3N2. The van der Waals surface area contributed by atoms with Crippen molar-refractivity contribution in [3.05, 3.63) is 40.5 Å². The Hall–Kier alpha value is -1.30. The summed E-state index contributed by atoms with van der Waals surface area (Å²) in [5, 5.41) is 6.31. The summed E-state index contributed by atoms with van der Waals surface area (Å²) >= 11 is 2.88. The first-order valence-corrected chi connectivity index (χ1v) is 5.14. The average Bonchev–Trinajstić information content (AvgIpc) is 2.69. The van der Waals surface area contributed by atoms with E-state index in [9.17, 15) is 13.2 Å². The normalized spacial score (nSPS) is 11.8. The maximum Gasteiger partial charge on any atom is 0.417 e. The van der Waals surface area contributed by atoms with E-state index in [0.29, 0.717) is 11.3 Å². The highest BCUT2D eigenvalue weighted by atomic mass is 79.9. The second-order valence-corrected chi connectivity index (χ2v) is 4.02. The molecular weight excluding hydrogens is 285 g/mol. The van der Waals surface area contributed by atoms with Crippen molar-refractivity contribution in [1.82, 2.24) is 10.2 Å². The lowest BCUT2D eigenvalue weighted by Crippen LogP contribution is -2.06. The fraction of sp³-hybridized carbons (Fsp3) is 0.100. The number of rotatable bonds is 1. The topological polar surface area (TPSA) is 28.7 Å². The van der Waals surface area contributed by atoms with Crippen LogP contribution in [0.1, 0.15) is 5.56 Å². The molecule has 0 aliphatic carbocycles. The summed E-state index contributed by atoms with van der Waals surface area (Å²) in [6.45, 7) is 0. The number of nitrogens with one attached hydrogen (secondary N) is 1. The molecule has 2 nitrogen and oxygen atoms in total. The number of hydrogen-bond donors (Lipinski definition) is 1. The van der Waals surface area contributed by atoms with Gasteiger partial charge in [-0.1, -0.05) is 22.0 Å². The summed E-state index contributed by atoms with van der Waals surface area (Å²) in [6.07, 6.45) is -2.88. The van der Waals surface area contributed by atoms with Crippen LogP contribution >= 0.6 is 15.9 Å². The Labute approximate surface area is 97.6 Å². The highest BCUT2D eigenvalue weighted by molar-refractivity contribution is 9.10. The van der Waals surface area contributed by atoms with Gasteiger partial charge in [-0.05, 0) is 18.2 Å². The molecule has 0 atom stereocenters. The van der Waals surface area contributed by atoms with Gasteiger partial charge in [0.1, 0.15) is 0 Å². The van der Waals surface area contributed by atoms with Gasteiger partial charge in [0.2, 0.25) is 0 Å². The van der Waals surface area contributed by atoms with E-state index >= 15 is 0 Å². The molecule has 2 rings (SSSR count). The number of alkyl halides is 3. The van der Waals surface area contributed by atoms with Crippen molar-refractivity contribution >= 4 is 15.9 Å². The van der Waals surface area contributed by atoms with Crippen molar-refractivity contribution in [2.24, 2.45) is 0 Å². The predicted octanol–water partition coefficient (Wildman–Crippen LogP) is 3.86. The number of H-pyrrole nitrogens is 1. The molecule has 2 aromatic rings. The molecule has 84 valence electrons. The highest BCUT2D eigenvalue weighted by Gasteiger charge is 2.33. The summed E-state index contributed by atoms with van der Waals surface area (Å²) in [4.78, 5) is 0. The van der Waals surface area contributed by atoms with Crippen LogP contribution < -0.4 is 0 Å². The minimum Gasteiger partial charge on any atom is -0.278 e. The van der Waals surface area contributed by atoms with Crippen molar-refractivity contribution < 1.29 is 13.2 Å². The van der Waals surface area contributed by atoms with Crippen LogP contribution in [0.5, 0.6) is 0 Å². The molecule has 0 fully saturated rings. The first-order chi connectivity index (χ1) is 7.48. The first kappa shape index (κ1) is 11.2. The van der Waals surface area contributed by atoms with Crippen molar-refractivity contribution in [2.75, 3.05) is 0 Å². The summed E-state index contributed by atoms with van der Waals surface area (Å²) in [7, 11) is 0. The Balaban J connectivity index is 2.52. The SMILES string of the molecule is FC(F)(F)c1cc(-c2ccn[nH]2)ccc1Br. The van der Waals surface area contributed by atoms with Crippen LogP contribution in [0.25, 0.3) is 11.3 Å². The molecule has 0 unspecified atom stereocenters. The van der Waals surface area contributed by atoms with E-state index in [1.165, 1.54) is 12.3 Å². The fourth-order valence-corrected chi connectivity index (χ4v) is 1.80. The van der Waals surface area contributed by atoms with Crippen LogP contribution in [-0.4, -0.2) is 10.2 Å². The number of aromatic amines is 1. The highest BCUT2D eigenvalue weighted by Crippen LogP contribution is 2.36. The third kappa shape index (κ3) is 2.11. The Morgan fingerprint density at radius 2 is 1.94 bits per heavy atom. The van der Waals surface area contributed by atoms with E-state index in [-0.39, 0.29) is 4.47 Å². The quantitative estimate of drug-likeness (QED) is 0.849. The smallest absolute Gasteiger partial charge is 0.278 e. The lowest BCUT2D eigenvalue weighted by atomic mass is 10.1. The summed E-state index contributed by atoms with van der Waals surface area (Å²) in [5.41, 5.74) is 0.311. The standard InChI is InChI=1S/C10H6BrF3N2/c11-8-2-1-6(9-3-4-15-16-9)5-7(8)10(12,13)14/h1-5H,(H,15,16). The van der Waals surface area contributed by atoms with Crippen LogP contribution in [0.15, 0.2) is 34.9 Å². The zero-order valence-electron chi connectivity index (χ0n) is 7.85. The molecule has 0 aliphatic heterocycles. The second kappa shape index (κ2) is 3.93. The number of nitrogens with zero attached hydrogens (tertiary/aromatic N) is 1. The van der Waals surface area contributed by atoms with Crippen LogP contribution in [-0.2, 0) is 6.18 Å². The lowest BCUT2D eigenvalue weighted by molar-refractivity contribution is -0.138. The third-order valence-corrected chi connectivity index (χ3v) is 2.78. The minimum absolute atomic E-state index is 0.0308. The molecule has 0 aliphatic rings. The number of hydrogen-bond acceptors (Lipinski definition) is 1. The largest absolute Gasteiger partial charge is 0.417 e. The molecule has 1 aromatic heterocycles. The Bertz CT molecular complexity index is 491. The molecule has 16 heavy (non-hydrogen) atoms. The molecule has 1 heterocycles. The van der Waals surface area contributed by atoms with Crippen molar-refractivity contribution in [1.29, 1.82) is 0 Å². The molecule has 6 heteroatoms. The minimum atomic E-state index is -4.37. The molecule has 0 radical (unpaired) electrons. The molecule has 1 N–H and O–H groups in total. The maximum absolute atomic E-state index is 12.6.